The third-order valence-corrected chi connectivity index (χ3v) is 5.55. The summed E-state index contributed by atoms with van der Waals surface area (Å²) in [6.07, 6.45) is 0.305. The van der Waals surface area contributed by atoms with E-state index in [1.807, 2.05) is 0 Å². The molecule has 0 bridgehead atoms. The van der Waals surface area contributed by atoms with E-state index >= 15 is 0 Å². The Labute approximate surface area is 171 Å². The molecular weight excluding hydrogens is 391 g/mol. The van der Waals surface area contributed by atoms with Crippen LogP contribution in [0.2, 0.25) is 0 Å². The van der Waals surface area contributed by atoms with E-state index in [1.54, 1.807) is 37.3 Å². The molecule has 4 N–H and O–H groups in total. The summed E-state index contributed by atoms with van der Waals surface area (Å²) in [7, 11) is 0. The van der Waals surface area contributed by atoms with Crippen LogP contribution >= 0.6 is 0 Å². The predicted octanol–water partition coefficient (Wildman–Crippen LogP) is 2.70. The average molecular weight is 412 g/mol. The second kappa shape index (κ2) is 7.46. The number of halogens is 1. The lowest BCUT2D eigenvalue weighted by atomic mass is 9.76. The first-order chi connectivity index (χ1) is 14.3. The first kappa shape index (κ1) is 19.9. The minimum atomic E-state index is -1.23. The molecule has 7 nitrogen and oxygen atoms in total. The van der Waals surface area contributed by atoms with Crippen molar-refractivity contribution in [1.29, 1.82) is 0 Å². The van der Waals surface area contributed by atoms with E-state index in [0.29, 0.717) is 46.6 Å². The molecule has 2 amide bonds. The summed E-state index contributed by atoms with van der Waals surface area (Å²) in [6, 6.07) is 9.47. The van der Waals surface area contributed by atoms with Crippen LogP contribution < -0.4 is 16.2 Å². The molecular formula is C22H21FN2O5. The largest absolute Gasteiger partial charge is 0.488 e. The number of hydrogen-bond donors (Lipinski definition) is 2. The van der Waals surface area contributed by atoms with Crippen LogP contribution in [-0.2, 0) is 21.6 Å². The molecule has 0 spiro atoms. The Morgan fingerprint density at radius 1 is 1.20 bits per heavy atom. The standard InChI is InChI=1S/C22H21FN2O5/c1-12-17(20(24)26)18-15(30-12)6-7-16(29-10-13-4-2-3-5-14(13)23)19(18)22(21(25)27)8-9-28-11-22/h2-7H,8-11H2,1H3,(H2,24,26)(H2,25,27). The van der Waals surface area contributed by atoms with Crippen LogP contribution in [0.1, 0.15) is 33.7 Å². The van der Waals surface area contributed by atoms with Gasteiger partial charge in [0.2, 0.25) is 5.91 Å². The molecule has 2 heterocycles. The number of benzene rings is 2. The van der Waals surface area contributed by atoms with Gasteiger partial charge >= 0.3 is 0 Å². The SMILES string of the molecule is Cc1oc2ccc(OCc3ccccc3F)c(C3(C(N)=O)CCOC3)c2c1C(N)=O. The summed E-state index contributed by atoms with van der Waals surface area (Å²) in [5, 5.41) is 0.371. The van der Waals surface area contributed by atoms with Crippen molar-refractivity contribution in [2.24, 2.45) is 11.5 Å². The van der Waals surface area contributed by atoms with E-state index < -0.39 is 23.0 Å². The van der Waals surface area contributed by atoms with Crippen molar-refractivity contribution in [2.45, 2.75) is 25.4 Å². The molecule has 1 saturated heterocycles. The molecule has 1 unspecified atom stereocenters. The number of fused-ring (bicyclic) bond motifs is 1. The van der Waals surface area contributed by atoms with Gasteiger partial charge in [0.05, 0.1) is 12.2 Å². The lowest BCUT2D eigenvalue weighted by Gasteiger charge is -2.27. The van der Waals surface area contributed by atoms with Crippen molar-refractivity contribution in [2.75, 3.05) is 13.2 Å². The molecule has 2 aromatic carbocycles. The van der Waals surface area contributed by atoms with Gasteiger partial charge < -0.3 is 25.4 Å². The first-order valence-corrected chi connectivity index (χ1v) is 9.45. The first-order valence-electron chi connectivity index (χ1n) is 9.45. The minimum absolute atomic E-state index is 0.0277. The second-order valence-corrected chi connectivity index (χ2v) is 7.34. The summed E-state index contributed by atoms with van der Waals surface area (Å²) in [5.41, 5.74) is 11.4. The lowest BCUT2D eigenvalue weighted by Crippen LogP contribution is -2.42. The Bertz CT molecular complexity index is 1150. The van der Waals surface area contributed by atoms with Crippen molar-refractivity contribution in [3.8, 4) is 5.75 Å². The van der Waals surface area contributed by atoms with E-state index in [-0.39, 0.29) is 18.8 Å². The maximum Gasteiger partial charge on any atom is 0.252 e. The number of hydrogen-bond acceptors (Lipinski definition) is 5. The summed E-state index contributed by atoms with van der Waals surface area (Å²) in [6.45, 7) is 1.88. The van der Waals surface area contributed by atoms with Crippen LogP contribution in [0.5, 0.6) is 5.75 Å². The summed E-state index contributed by atoms with van der Waals surface area (Å²) in [5.74, 6) is -1.11. The van der Waals surface area contributed by atoms with E-state index in [1.165, 1.54) is 6.07 Å². The smallest absolute Gasteiger partial charge is 0.252 e. The molecule has 156 valence electrons. The Balaban J connectivity index is 1.94. The van der Waals surface area contributed by atoms with Crippen molar-refractivity contribution < 1.29 is 27.9 Å². The van der Waals surface area contributed by atoms with Crippen molar-refractivity contribution in [3.63, 3.8) is 0 Å². The highest BCUT2D eigenvalue weighted by molar-refractivity contribution is 6.10. The number of ether oxygens (including phenoxy) is 2. The van der Waals surface area contributed by atoms with Gasteiger partial charge in [-0.1, -0.05) is 18.2 Å². The number of carbonyl (C=O) groups excluding carboxylic acids is 2. The quantitative estimate of drug-likeness (QED) is 0.645. The number of rotatable bonds is 6. The zero-order valence-electron chi connectivity index (χ0n) is 16.4. The van der Waals surface area contributed by atoms with Crippen LogP contribution in [0.25, 0.3) is 11.0 Å². The number of amides is 2. The predicted molar refractivity (Wildman–Crippen MR) is 107 cm³/mol. The lowest BCUT2D eigenvalue weighted by molar-refractivity contribution is -0.123. The molecule has 1 aromatic heterocycles. The van der Waals surface area contributed by atoms with Crippen molar-refractivity contribution in [1.82, 2.24) is 0 Å². The average Bonchev–Trinajstić information content (AvgIpc) is 3.31. The van der Waals surface area contributed by atoms with Gasteiger partial charge in [0.25, 0.3) is 5.91 Å². The van der Waals surface area contributed by atoms with Gasteiger partial charge in [0.15, 0.2) is 0 Å². The van der Waals surface area contributed by atoms with Gasteiger partial charge in [-0.05, 0) is 31.5 Å². The van der Waals surface area contributed by atoms with E-state index in [2.05, 4.69) is 0 Å². The Morgan fingerprint density at radius 2 is 1.97 bits per heavy atom. The number of nitrogens with two attached hydrogens (primary N) is 2. The fourth-order valence-corrected chi connectivity index (χ4v) is 4.03. The number of aryl methyl sites for hydroxylation is 1. The number of carbonyl (C=O) groups is 2. The summed E-state index contributed by atoms with van der Waals surface area (Å²) >= 11 is 0. The van der Waals surface area contributed by atoms with E-state index in [0.717, 1.165) is 0 Å². The van der Waals surface area contributed by atoms with Crippen LogP contribution in [-0.4, -0.2) is 25.0 Å². The normalized spacial score (nSPS) is 18.6. The maximum atomic E-state index is 14.1. The van der Waals surface area contributed by atoms with Gasteiger partial charge in [-0.2, -0.15) is 0 Å². The Kier molecular flexibility index (Phi) is 4.95. The Hall–Kier alpha value is -3.39. The van der Waals surface area contributed by atoms with Crippen LogP contribution in [0.4, 0.5) is 4.39 Å². The fourth-order valence-electron chi connectivity index (χ4n) is 4.03. The summed E-state index contributed by atoms with van der Waals surface area (Å²) < 4.78 is 31.2. The van der Waals surface area contributed by atoms with Crippen LogP contribution in [0, 0.1) is 12.7 Å². The molecule has 30 heavy (non-hydrogen) atoms. The molecule has 1 aliphatic rings. The van der Waals surface area contributed by atoms with Crippen LogP contribution in [0.3, 0.4) is 0 Å². The molecule has 8 heteroatoms. The van der Waals surface area contributed by atoms with E-state index in [9.17, 15) is 14.0 Å². The zero-order valence-corrected chi connectivity index (χ0v) is 16.4. The highest BCUT2D eigenvalue weighted by Crippen LogP contribution is 2.45. The van der Waals surface area contributed by atoms with E-state index in [4.69, 9.17) is 25.4 Å². The van der Waals surface area contributed by atoms with Gasteiger partial charge in [0, 0.05) is 23.1 Å². The topological polar surface area (TPSA) is 118 Å². The van der Waals surface area contributed by atoms with Crippen molar-refractivity contribution >= 4 is 22.8 Å². The zero-order chi connectivity index (χ0) is 21.5. The number of primary amides is 2. The van der Waals surface area contributed by atoms with Gasteiger partial charge in [-0.3, -0.25) is 9.59 Å². The second-order valence-electron chi connectivity index (χ2n) is 7.34. The molecule has 1 aliphatic heterocycles. The third kappa shape index (κ3) is 3.09. The van der Waals surface area contributed by atoms with Crippen molar-refractivity contribution in [3.05, 3.63) is 64.7 Å². The molecule has 1 atom stereocenters. The molecule has 0 saturated carbocycles. The highest BCUT2D eigenvalue weighted by Gasteiger charge is 2.47. The minimum Gasteiger partial charge on any atom is -0.488 e. The van der Waals surface area contributed by atoms with Gasteiger partial charge in [-0.25, -0.2) is 4.39 Å². The number of furan rings is 1. The maximum absolute atomic E-state index is 14.1. The summed E-state index contributed by atoms with van der Waals surface area (Å²) in [4.78, 5) is 24.8. The van der Waals surface area contributed by atoms with Gasteiger partial charge in [-0.15, -0.1) is 0 Å². The third-order valence-electron chi connectivity index (χ3n) is 5.55. The molecule has 1 fully saturated rings. The molecule has 4 rings (SSSR count). The molecule has 0 radical (unpaired) electrons. The monoisotopic (exact) mass is 412 g/mol. The molecule has 0 aliphatic carbocycles. The van der Waals surface area contributed by atoms with Gasteiger partial charge in [0.1, 0.15) is 34.9 Å². The highest BCUT2D eigenvalue weighted by atomic mass is 19.1. The Morgan fingerprint density at radius 3 is 2.60 bits per heavy atom. The fraction of sp³-hybridized carbons (Fsp3) is 0.273. The molecule has 3 aromatic rings. The van der Waals surface area contributed by atoms with Crippen LogP contribution in [0.15, 0.2) is 40.8 Å².